The van der Waals surface area contributed by atoms with Crippen LogP contribution in [-0.2, 0) is 0 Å². The molecule has 7 aromatic carbocycles. The molecule has 0 spiro atoms. The first-order chi connectivity index (χ1) is 21.8. The summed E-state index contributed by atoms with van der Waals surface area (Å²) < 4.78 is 19.2. The first kappa shape index (κ1) is 23.6. The number of fused-ring (bicyclic) bond motifs is 12. The number of hydrogen-bond donors (Lipinski definition) is 0. The van der Waals surface area contributed by atoms with Gasteiger partial charge in [0.2, 0.25) is 0 Å². The van der Waals surface area contributed by atoms with Crippen LogP contribution < -0.4 is 4.90 Å². The predicted octanol–water partition coefficient (Wildman–Crippen LogP) is 12.0. The minimum atomic E-state index is 0.833. The number of rotatable bonds is 3. The van der Waals surface area contributed by atoms with E-state index in [0.717, 1.165) is 93.7 Å². The van der Waals surface area contributed by atoms with Gasteiger partial charge >= 0.3 is 0 Å². The second kappa shape index (κ2) is 8.76. The third-order valence-corrected chi connectivity index (χ3v) is 8.85. The third-order valence-electron chi connectivity index (χ3n) is 8.85. The SMILES string of the molecule is c1ccc(N(c2ccc3c(c2)oc2ccc4c(ccc5oc6ccccc6c54)c23)c2cccc3c2oc2ccccc23)cc1. The van der Waals surface area contributed by atoms with E-state index in [2.05, 4.69) is 114 Å². The molecule has 3 aromatic heterocycles. The molecule has 0 aliphatic carbocycles. The largest absolute Gasteiger partial charge is 0.456 e. The molecule has 0 unspecified atom stereocenters. The molecule has 44 heavy (non-hydrogen) atoms. The summed E-state index contributed by atoms with van der Waals surface area (Å²) in [4.78, 5) is 2.25. The molecule has 206 valence electrons. The molecule has 0 aliphatic rings. The van der Waals surface area contributed by atoms with E-state index < -0.39 is 0 Å². The second-order valence-corrected chi connectivity index (χ2v) is 11.3. The van der Waals surface area contributed by atoms with E-state index in [9.17, 15) is 0 Å². The molecule has 0 aliphatic heterocycles. The van der Waals surface area contributed by atoms with Gasteiger partial charge in [0.25, 0.3) is 0 Å². The summed E-state index contributed by atoms with van der Waals surface area (Å²) in [6.45, 7) is 0. The van der Waals surface area contributed by atoms with E-state index in [1.165, 1.54) is 0 Å². The zero-order valence-corrected chi connectivity index (χ0v) is 23.5. The van der Waals surface area contributed by atoms with Gasteiger partial charge in [-0.1, -0.05) is 66.7 Å². The fourth-order valence-electron chi connectivity index (χ4n) is 6.94. The first-order valence-electron chi connectivity index (χ1n) is 14.8. The van der Waals surface area contributed by atoms with Crippen LogP contribution >= 0.6 is 0 Å². The maximum Gasteiger partial charge on any atom is 0.159 e. The zero-order valence-electron chi connectivity index (χ0n) is 23.5. The highest BCUT2D eigenvalue weighted by Gasteiger charge is 2.21. The summed E-state index contributed by atoms with van der Waals surface area (Å²) in [6, 6.07) is 48.2. The molecule has 0 saturated carbocycles. The van der Waals surface area contributed by atoms with Gasteiger partial charge in [-0.2, -0.15) is 0 Å². The Kier molecular flexibility index (Phi) is 4.69. The Bertz CT molecular complexity index is 2730. The lowest BCUT2D eigenvalue weighted by atomic mass is 9.99. The number of para-hydroxylation sites is 4. The summed E-state index contributed by atoms with van der Waals surface area (Å²) in [5.74, 6) is 0. The van der Waals surface area contributed by atoms with E-state index in [1.807, 2.05) is 30.3 Å². The molecule has 10 aromatic rings. The average molecular weight is 566 g/mol. The van der Waals surface area contributed by atoms with E-state index >= 15 is 0 Å². The van der Waals surface area contributed by atoms with Crippen molar-refractivity contribution in [3.63, 3.8) is 0 Å². The van der Waals surface area contributed by atoms with Crippen molar-refractivity contribution in [2.45, 2.75) is 0 Å². The van der Waals surface area contributed by atoms with Gasteiger partial charge in [-0.25, -0.2) is 0 Å². The molecule has 0 atom stereocenters. The van der Waals surface area contributed by atoms with Crippen molar-refractivity contribution < 1.29 is 13.3 Å². The van der Waals surface area contributed by atoms with Crippen LogP contribution in [0, 0.1) is 0 Å². The Balaban J connectivity index is 1.22. The standard InChI is InChI=1S/C40H23NO3/c1-2-9-24(10-3-1)41(32-14-8-13-29-26-11-4-6-15-33(26)44-40(29)32)25-17-18-31-37(23-25)43-36-22-20-27-28(39(31)36)19-21-35-38(27)30-12-5-7-16-34(30)42-35/h1-23H. The van der Waals surface area contributed by atoms with Gasteiger partial charge in [-0.15, -0.1) is 0 Å². The summed E-state index contributed by atoms with van der Waals surface area (Å²) >= 11 is 0. The van der Waals surface area contributed by atoms with Gasteiger partial charge in [0.05, 0.1) is 11.4 Å². The van der Waals surface area contributed by atoms with Gasteiger partial charge < -0.3 is 18.2 Å². The first-order valence-corrected chi connectivity index (χ1v) is 14.8. The highest BCUT2D eigenvalue weighted by atomic mass is 16.3. The molecule has 4 nitrogen and oxygen atoms in total. The molecule has 0 fully saturated rings. The van der Waals surface area contributed by atoms with Crippen molar-refractivity contribution in [3.8, 4) is 0 Å². The Labute approximate surface area is 250 Å². The molecule has 0 amide bonds. The number of nitrogens with zero attached hydrogens (tertiary/aromatic N) is 1. The van der Waals surface area contributed by atoms with E-state index in [4.69, 9.17) is 13.3 Å². The highest BCUT2D eigenvalue weighted by Crippen LogP contribution is 2.45. The molecule has 0 N–H and O–H groups in total. The second-order valence-electron chi connectivity index (χ2n) is 11.3. The lowest BCUT2D eigenvalue weighted by Crippen LogP contribution is -2.09. The van der Waals surface area contributed by atoms with Crippen LogP contribution in [0.15, 0.2) is 153 Å². The Morgan fingerprint density at radius 2 is 0.932 bits per heavy atom. The quantitative estimate of drug-likeness (QED) is 0.214. The molecule has 0 saturated heterocycles. The molecule has 0 radical (unpaired) electrons. The van der Waals surface area contributed by atoms with Crippen LogP contribution in [0.25, 0.3) is 76.6 Å². The molecule has 3 heterocycles. The average Bonchev–Trinajstić information content (AvgIpc) is 3.76. The lowest BCUT2D eigenvalue weighted by molar-refractivity contribution is 0.667. The summed E-state index contributed by atoms with van der Waals surface area (Å²) in [5, 5.41) is 8.97. The normalized spacial score (nSPS) is 12.1. The van der Waals surface area contributed by atoms with Gasteiger partial charge in [0.1, 0.15) is 27.9 Å². The van der Waals surface area contributed by atoms with Crippen LogP contribution in [0.1, 0.15) is 0 Å². The van der Waals surface area contributed by atoms with Crippen LogP contribution in [0.3, 0.4) is 0 Å². The van der Waals surface area contributed by atoms with Crippen molar-refractivity contribution in [1.82, 2.24) is 0 Å². The summed E-state index contributed by atoms with van der Waals surface area (Å²) in [7, 11) is 0. The van der Waals surface area contributed by atoms with Crippen molar-refractivity contribution in [2.24, 2.45) is 0 Å². The highest BCUT2D eigenvalue weighted by molar-refractivity contribution is 6.27. The monoisotopic (exact) mass is 565 g/mol. The molecule has 0 bridgehead atoms. The van der Waals surface area contributed by atoms with Crippen molar-refractivity contribution >= 4 is 93.7 Å². The summed E-state index contributed by atoms with van der Waals surface area (Å²) in [6.07, 6.45) is 0. The molecule has 10 rings (SSSR count). The van der Waals surface area contributed by atoms with Crippen LogP contribution in [0.4, 0.5) is 17.1 Å². The maximum atomic E-state index is 6.57. The van der Waals surface area contributed by atoms with Crippen LogP contribution in [0.5, 0.6) is 0 Å². The fraction of sp³-hybridized carbons (Fsp3) is 0. The van der Waals surface area contributed by atoms with E-state index in [0.29, 0.717) is 0 Å². The Morgan fingerprint density at radius 1 is 0.341 bits per heavy atom. The Morgan fingerprint density at radius 3 is 1.70 bits per heavy atom. The fourth-order valence-corrected chi connectivity index (χ4v) is 6.94. The molecular formula is C40H23NO3. The maximum absolute atomic E-state index is 6.57. The van der Waals surface area contributed by atoms with Gasteiger partial charge in [-0.3, -0.25) is 0 Å². The smallest absolute Gasteiger partial charge is 0.159 e. The minimum absolute atomic E-state index is 0.833. The van der Waals surface area contributed by atoms with Gasteiger partial charge in [-0.05, 0) is 77.5 Å². The van der Waals surface area contributed by atoms with E-state index in [-0.39, 0.29) is 0 Å². The zero-order chi connectivity index (χ0) is 28.8. The number of furan rings is 3. The lowest BCUT2D eigenvalue weighted by Gasteiger charge is -2.25. The Hall–Kier alpha value is -6.00. The predicted molar refractivity (Wildman–Crippen MR) is 180 cm³/mol. The van der Waals surface area contributed by atoms with Gasteiger partial charge in [0.15, 0.2) is 5.58 Å². The van der Waals surface area contributed by atoms with Crippen molar-refractivity contribution in [3.05, 3.63) is 140 Å². The van der Waals surface area contributed by atoms with Crippen molar-refractivity contribution in [2.75, 3.05) is 4.90 Å². The number of hydrogen-bond acceptors (Lipinski definition) is 4. The van der Waals surface area contributed by atoms with E-state index in [1.54, 1.807) is 0 Å². The van der Waals surface area contributed by atoms with Gasteiger partial charge in [0, 0.05) is 44.1 Å². The van der Waals surface area contributed by atoms with Crippen LogP contribution in [0.2, 0.25) is 0 Å². The topological polar surface area (TPSA) is 42.7 Å². The van der Waals surface area contributed by atoms with Crippen LogP contribution in [-0.4, -0.2) is 0 Å². The van der Waals surface area contributed by atoms with Crippen molar-refractivity contribution in [1.29, 1.82) is 0 Å². The third kappa shape index (κ3) is 3.22. The molecule has 4 heteroatoms. The summed E-state index contributed by atoms with van der Waals surface area (Å²) in [5.41, 5.74) is 8.22. The minimum Gasteiger partial charge on any atom is -0.456 e. The number of benzene rings is 7. The molecular weight excluding hydrogens is 542 g/mol. The number of anilines is 3.